The molecule has 1 amide bonds. The Kier molecular flexibility index (Phi) is 4.44. The predicted molar refractivity (Wildman–Crippen MR) is 73.3 cm³/mol. The molecule has 0 bridgehead atoms. The van der Waals surface area contributed by atoms with Gasteiger partial charge in [0.2, 0.25) is 12.7 Å². The molecule has 0 aromatic heterocycles. The van der Waals surface area contributed by atoms with Crippen LogP contribution < -0.4 is 14.8 Å². The van der Waals surface area contributed by atoms with E-state index in [4.69, 9.17) is 9.47 Å². The first-order valence-electron chi connectivity index (χ1n) is 6.54. The van der Waals surface area contributed by atoms with Gasteiger partial charge in [0.1, 0.15) is 0 Å². The molecular formula is C15H19NO3. The highest BCUT2D eigenvalue weighted by Crippen LogP contribution is 2.32. The van der Waals surface area contributed by atoms with E-state index in [2.05, 4.69) is 5.32 Å². The van der Waals surface area contributed by atoms with Gasteiger partial charge in [-0.25, -0.2) is 0 Å². The lowest BCUT2D eigenvalue weighted by atomic mass is 10.1. The molecule has 1 N–H and O–H groups in total. The Morgan fingerprint density at radius 3 is 2.95 bits per heavy atom. The maximum Gasteiger partial charge on any atom is 0.246 e. The second-order valence-electron chi connectivity index (χ2n) is 4.49. The molecule has 1 aromatic carbocycles. The minimum absolute atomic E-state index is 0.00240. The van der Waals surface area contributed by atoms with Crippen LogP contribution in [-0.2, 0) is 11.2 Å². The topological polar surface area (TPSA) is 47.6 Å². The van der Waals surface area contributed by atoms with E-state index in [1.165, 1.54) is 0 Å². The fourth-order valence-corrected chi connectivity index (χ4v) is 1.96. The summed E-state index contributed by atoms with van der Waals surface area (Å²) in [4.78, 5) is 11.7. The highest BCUT2D eigenvalue weighted by Gasteiger charge is 2.13. The highest BCUT2D eigenvalue weighted by molar-refractivity contribution is 5.92. The average molecular weight is 261 g/mol. The number of carbonyl (C=O) groups excluding carboxylic acids is 1. The van der Waals surface area contributed by atoms with E-state index in [0.29, 0.717) is 6.54 Å². The molecule has 0 atom stereocenters. The summed E-state index contributed by atoms with van der Waals surface area (Å²) in [5, 5.41) is 2.90. The molecule has 1 aromatic rings. The van der Waals surface area contributed by atoms with Crippen molar-refractivity contribution < 1.29 is 14.3 Å². The van der Waals surface area contributed by atoms with Crippen LogP contribution in [0.5, 0.6) is 11.5 Å². The van der Waals surface area contributed by atoms with Crippen molar-refractivity contribution in [2.45, 2.75) is 26.7 Å². The van der Waals surface area contributed by atoms with Gasteiger partial charge in [-0.1, -0.05) is 19.1 Å². The maximum absolute atomic E-state index is 11.7. The van der Waals surface area contributed by atoms with Crippen molar-refractivity contribution >= 4 is 5.91 Å². The zero-order valence-corrected chi connectivity index (χ0v) is 11.4. The Hall–Kier alpha value is -1.97. The zero-order chi connectivity index (χ0) is 13.7. The van der Waals surface area contributed by atoms with Crippen LogP contribution in [0.2, 0.25) is 0 Å². The molecule has 0 radical (unpaired) electrons. The van der Waals surface area contributed by atoms with Gasteiger partial charge in [0.15, 0.2) is 11.5 Å². The van der Waals surface area contributed by atoms with E-state index < -0.39 is 0 Å². The van der Waals surface area contributed by atoms with Gasteiger partial charge < -0.3 is 14.8 Å². The van der Waals surface area contributed by atoms with Crippen molar-refractivity contribution in [2.24, 2.45) is 0 Å². The number of nitrogens with one attached hydrogen (secondary N) is 1. The normalized spacial score (nSPS) is 13.5. The Bertz CT molecular complexity index is 494. The highest BCUT2D eigenvalue weighted by atomic mass is 16.7. The Balaban J connectivity index is 1.83. The van der Waals surface area contributed by atoms with E-state index in [1.807, 2.05) is 38.1 Å². The van der Waals surface area contributed by atoms with Crippen LogP contribution in [0.3, 0.4) is 0 Å². The summed E-state index contributed by atoms with van der Waals surface area (Å²) in [6.07, 6.45) is 3.58. The molecule has 0 fully saturated rings. The third-order valence-electron chi connectivity index (χ3n) is 3.00. The van der Waals surface area contributed by atoms with Crippen LogP contribution >= 0.6 is 0 Å². The molecule has 0 unspecified atom stereocenters. The predicted octanol–water partition coefficient (Wildman–Crippen LogP) is 2.43. The smallest absolute Gasteiger partial charge is 0.246 e. The first kappa shape index (κ1) is 13.5. The molecule has 0 spiro atoms. The number of ether oxygens (including phenoxy) is 2. The Morgan fingerprint density at radius 1 is 1.37 bits per heavy atom. The van der Waals surface area contributed by atoms with Crippen LogP contribution in [0.25, 0.3) is 0 Å². The third-order valence-corrected chi connectivity index (χ3v) is 3.00. The fraction of sp³-hybridized carbons (Fsp3) is 0.400. The summed E-state index contributed by atoms with van der Waals surface area (Å²) in [6, 6.07) is 5.86. The number of hydrogen-bond donors (Lipinski definition) is 1. The molecule has 1 aliphatic heterocycles. The molecule has 1 heterocycles. The van der Waals surface area contributed by atoms with Gasteiger partial charge >= 0.3 is 0 Å². The van der Waals surface area contributed by atoms with Gasteiger partial charge in [-0.15, -0.1) is 0 Å². The second-order valence-corrected chi connectivity index (χ2v) is 4.49. The molecule has 1 aliphatic rings. The number of rotatable bonds is 5. The van der Waals surface area contributed by atoms with Gasteiger partial charge in [0.05, 0.1) is 0 Å². The summed E-state index contributed by atoms with van der Waals surface area (Å²) in [6.45, 7) is 4.76. The van der Waals surface area contributed by atoms with Crippen molar-refractivity contribution in [3.8, 4) is 11.5 Å². The van der Waals surface area contributed by atoms with Crippen molar-refractivity contribution in [1.82, 2.24) is 5.32 Å². The number of allylic oxidation sites excluding steroid dienone is 1. The number of benzene rings is 1. The zero-order valence-electron chi connectivity index (χ0n) is 11.4. The molecule has 4 heteroatoms. The standard InChI is InChI=1S/C15H19NO3/c1-3-4-11(2)15(17)16-8-7-12-5-6-13-14(9-12)19-10-18-13/h4-6,9H,3,7-8,10H2,1-2H3,(H,16,17)/b11-4+. The lowest BCUT2D eigenvalue weighted by molar-refractivity contribution is -0.117. The second kappa shape index (κ2) is 6.27. The van der Waals surface area contributed by atoms with Crippen molar-refractivity contribution in [3.05, 3.63) is 35.4 Å². The third kappa shape index (κ3) is 3.50. The largest absolute Gasteiger partial charge is 0.454 e. The van der Waals surface area contributed by atoms with Gasteiger partial charge in [-0.2, -0.15) is 0 Å². The van der Waals surface area contributed by atoms with Crippen LogP contribution in [0.4, 0.5) is 0 Å². The molecule has 19 heavy (non-hydrogen) atoms. The van der Waals surface area contributed by atoms with Gasteiger partial charge in [-0.05, 0) is 37.5 Å². The SMILES string of the molecule is CC/C=C(\C)C(=O)NCCc1ccc2c(c1)OCO2. The minimum atomic E-state index is 0.00240. The molecule has 4 nitrogen and oxygen atoms in total. The summed E-state index contributed by atoms with van der Waals surface area (Å²) >= 11 is 0. The number of amides is 1. The monoisotopic (exact) mass is 261 g/mol. The van der Waals surface area contributed by atoms with Gasteiger partial charge in [-0.3, -0.25) is 4.79 Å². The minimum Gasteiger partial charge on any atom is -0.454 e. The van der Waals surface area contributed by atoms with Crippen LogP contribution in [0.1, 0.15) is 25.8 Å². The molecule has 0 aliphatic carbocycles. The lowest BCUT2D eigenvalue weighted by Gasteiger charge is -2.06. The average Bonchev–Trinajstić information content (AvgIpc) is 2.86. The molecular weight excluding hydrogens is 242 g/mol. The maximum atomic E-state index is 11.7. The van der Waals surface area contributed by atoms with Crippen molar-refractivity contribution in [1.29, 1.82) is 0 Å². The van der Waals surface area contributed by atoms with Crippen LogP contribution in [0.15, 0.2) is 29.8 Å². The Morgan fingerprint density at radius 2 is 2.16 bits per heavy atom. The van der Waals surface area contributed by atoms with Crippen molar-refractivity contribution in [2.75, 3.05) is 13.3 Å². The van der Waals surface area contributed by atoms with Gasteiger partial charge in [0, 0.05) is 12.1 Å². The van der Waals surface area contributed by atoms with Crippen LogP contribution in [0, 0.1) is 0 Å². The first-order chi connectivity index (χ1) is 9.20. The summed E-state index contributed by atoms with van der Waals surface area (Å²) in [5.74, 6) is 1.57. The van der Waals surface area contributed by atoms with Crippen molar-refractivity contribution in [3.63, 3.8) is 0 Å². The van der Waals surface area contributed by atoms with Crippen LogP contribution in [-0.4, -0.2) is 19.2 Å². The number of carbonyl (C=O) groups is 1. The first-order valence-corrected chi connectivity index (χ1v) is 6.54. The number of fused-ring (bicyclic) bond motifs is 1. The molecule has 0 saturated carbocycles. The molecule has 102 valence electrons. The number of hydrogen-bond acceptors (Lipinski definition) is 3. The van der Waals surface area contributed by atoms with E-state index in [-0.39, 0.29) is 12.7 Å². The van der Waals surface area contributed by atoms with E-state index in [9.17, 15) is 4.79 Å². The Labute approximate surface area is 113 Å². The van der Waals surface area contributed by atoms with E-state index in [0.717, 1.165) is 35.5 Å². The van der Waals surface area contributed by atoms with E-state index >= 15 is 0 Å². The summed E-state index contributed by atoms with van der Waals surface area (Å²) in [7, 11) is 0. The lowest BCUT2D eigenvalue weighted by Crippen LogP contribution is -2.26. The molecule has 2 rings (SSSR count). The van der Waals surface area contributed by atoms with E-state index in [1.54, 1.807) is 0 Å². The summed E-state index contributed by atoms with van der Waals surface area (Å²) < 4.78 is 10.6. The summed E-state index contributed by atoms with van der Waals surface area (Å²) in [5.41, 5.74) is 1.90. The fourth-order valence-electron chi connectivity index (χ4n) is 1.96. The molecule has 0 saturated heterocycles. The van der Waals surface area contributed by atoms with Gasteiger partial charge in [0.25, 0.3) is 0 Å². The quantitative estimate of drug-likeness (QED) is 0.828.